The van der Waals surface area contributed by atoms with E-state index in [-0.39, 0.29) is 5.92 Å². The molecule has 22 heavy (non-hydrogen) atoms. The third kappa shape index (κ3) is 2.90. The first-order valence-electron chi connectivity index (χ1n) is 7.80. The molecule has 114 valence electrons. The maximum absolute atomic E-state index is 11.7. The minimum absolute atomic E-state index is 0.255. The summed E-state index contributed by atoms with van der Waals surface area (Å²) in [6, 6.07) is 15.8. The Bertz CT molecular complexity index is 660. The van der Waals surface area contributed by atoms with E-state index in [0.29, 0.717) is 11.5 Å². The van der Waals surface area contributed by atoms with Crippen molar-refractivity contribution in [1.29, 1.82) is 0 Å². The fourth-order valence-corrected chi connectivity index (χ4v) is 3.31. The molecule has 2 N–H and O–H groups in total. The summed E-state index contributed by atoms with van der Waals surface area (Å²) in [6.45, 7) is 4.14. The number of hydrogen-bond acceptors (Lipinski definition) is 2. The lowest BCUT2D eigenvalue weighted by Crippen LogP contribution is -2.16. The van der Waals surface area contributed by atoms with E-state index in [9.17, 15) is 9.90 Å². The molecule has 0 spiro atoms. The largest absolute Gasteiger partial charge is 0.478 e. The monoisotopic (exact) mass is 295 g/mol. The Morgan fingerprint density at radius 1 is 1.18 bits per heavy atom. The Kier molecular flexibility index (Phi) is 4.25. The van der Waals surface area contributed by atoms with Gasteiger partial charge in [-0.25, -0.2) is 4.79 Å². The van der Waals surface area contributed by atoms with E-state index in [0.717, 1.165) is 36.2 Å². The molecule has 1 aliphatic rings. The van der Waals surface area contributed by atoms with Crippen LogP contribution in [-0.2, 0) is 0 Å². The van der Waals surface area contributed by atoms with Crippen molar-refractivity contribution in [1.82, 2.24) is 5.32 Å². The van der Waals surface area contributed by atoms with Crippen LogP contribution in [0.1, 0.15) is 35.2 Å². The highest BCUT2D eigenvalue weighted by Crippen LogP contribution is 2.33. The molecule has 0 radical (unpaired) electrons. The molecule has 3 nitrogen and oxygen atoms in total. The maximum atomic E-state index is 11.7. The van der Waals surface area contributed by atoms with E-state index in [4.69, 9.17) is 0 Å². The summed E-state index contributed by atoms with van der Waals surface area (Å²) in [7, 11) is 0. The van der Waals surface area contributed by atoms with Crippen LogP contribution in [0.2, 0.25) is 0 Å². The first-order valence-corrected chi connectivity index (χ1v) is 7.80. The van der Waals surface area contributed by atoms with Gasteiger partial charge in [-0.05, 0) is 54.1 Å². The summed E-state index contributed by atoms with van der Waals surface area (Å²) in [5, 5.41) is 13.0. The van der Waals surface area contributed by atoms with Gasteiger partial charge in [0.05, 0.1) is 5.56 Å². The van der Waals surface area contributed by atoms with Crippen LogP contribution in [0, 0.1) is 5.92 Å². The van der Waals surface area contributed by atoms with E-state index in [1.165, 1.54) is 0 Å². The van der Waals surface area contributed by atoms with Gasteiger partial charge in [0.2, 0.25) is 0 Å². The van der Waals surface area contributed by atoms with Crippen LogP contribution in [0.4, 0.5) is 0 Å². The van der Waals surface area contributed by atoms with Crippen LogP contribution in [0.25, 0.3) is 11.1 Å². The summed E-state index contributed by atoms with van der Waals surface area (Å²) in [4.78, 5) is 11.7. The van der Waals surface area contributed by atoms with Crippen LogP contribution in [0.15, 0.2) is 48.5 Å². The molecule has 1 saturated heterocycles. The van der Waals surface area contributed by atoms with Crippen LogP contribution in [-0.4, -0.2) is 24.2 Å². The highest BCUT2D eigenvalue weighted by Gasteiger charge is 2.26. The molecule has 0 aliphatic carbocycles. The van der Waals surface area contributed by atoms with Gasteiger partial charge in [-0.2, -0.15) is 0 Å². The molecular weight excluding hydrogens is 274 g/mol. The van der Waals surface area contributed by atoms with Crippen LogP contribution < -0.4 is 5.32 Å². The zero-order chi connectivity index (χ0) is 15.5. The molecule has 0 bridgehead atoms. The summed E-state index contributed by atoms with van der Waals surface area (Å²) in [6.07, 6.45) is 1.11. The minimum Gasteiger partial charge on any atom is -0.478 e. The molecule has 1 fully saturated rings. The lowest BCUT2D eigenvalue weighted by Gasteiger charge is -2.21. The topological polar surface area (TPSA) is 49.3 Å². The van der Waals surface area contributed by atoms with E-state index >= 15 is 0 Å². The molecule has 1 aliphatic heterocycles. The predicted octanol–water partition coefficient (Wildman–Crippen LogP) is 3.76. The van der Waals surface area contributed by atoms with E-state index in [1.54, 1.807) is 0 Å². The van der Waals surface area contributed by atoms with Crippen LogP contribution >= 0.6 is 0 Å². The number of carboxylic acid groups (broad SMARTS) is 1. The minimum atomic E-state index is -0.842. The summed E-state index contributed by atoms with van der Waals surface area (Å²) >= 11 is 0. The van der Waals surface area contributed by atoms with Gasteiger partial charge in [-0.1, -0.05) is 49.4 Å². The zero-order valence-corrected chi connectivity index (χ0v) is 12.8. The second-order valence-corrected chi connectivity index (χ2v) is 6.01. The number of nitrogens with one attached hydrogen (secondary N) is 1. The Labute approximate surface area is 131 Å². The molecule has 3 rings (SSSR count). The van der Waals surface area contributed by atoms with Crippen molar-refractivity contribution >= 4 is 5.97 Å². The highest BCUT2D eigenvalue weighted by atomic mass is 16.4. The quantitative estimate of drug-likeness (QED) is 0.903. The van der Waals surface area contributed by atoms with E-state index < -0.39 is 5.97 Å². The maximum Gasteiger partial charge on any atom is 0.335 e. The standard InChI is InChI=1S/C19H21NO2/c1-13(16-9-10-20-12-16)17-8-7-15(11-18(17)19(21)22)14-5-3-2-4-6-14/h2-8,11,13,16,20H,9-10,12H2,1H3,(H,21,22). The zero-order valence-electron chi connectivity index (χ0n) is 12.8. The molecule has 0 amide bonds. The lowest BCUT2D eigenvalue weighted by atomic mass is 9.83. The Morgan fingerprint density at radius 2 is 1.95 bits per heavy atom. The van der Waals surface area contributed by atoms with Crippen molar-refractivity contribution in [3.8, 4) is 11.1 Å². The normalized spacial score (nSPS) is 19.0. The SMILES string of the molecule is CC(c1ccc(-c2ccccc2)cc1C(=O)O)C1CCNC1. The summed E-state index contributed by atoms with van der Waals surface area (Å²) in [5.74, 6) is -0.0721. The number of aromatic carboxylic acids is 1. The fraction of sp³-hybridized carbons (Fsp3) is 0.316. The van der Waals surface area contributed by atoms with Crippen molar-refractivity contribution in [2.75, 3.05) is 13.1 Å². The average molecular weight is 295 g/mol. The fourth-order valence-electron chi connectivity index (χ4n) is 3.31. The number of benzene rings is 2. The number of carboxylic acids is 1. The van der Waals surface area contributed by atoms with Gasteiger partial charge in [-0.3, -0.25) is 0 Å². The van der Waals surface area contributed by atoms with Crippen molar-refractivity contribution in [3.63, 3.8) is 0 Å². The predicted molar refractivity (Wildman–Crippen MR) is 88.2 cm³/mol. The molecule has 0 saturated carbocycles. The molecule has 3 heteroatoms. The van der Waals surface area contributed by atoms with E-state index in [2.05, 4.69) is 12.2 Å². The molecule has 2 aromatic carbocycles. The highest BCUT2D eigenvalue weighted by molar-refractivity contribution is 5.91. The third-order valence-electron chi connectivity index (χ3n) is 4.69. The molecule has 1 heterocycles. The smallest absolute Gasteiger partial charge is 0.335 e. The Hall–Kier alpha value is -2.13. The molecule has 0 aromatic heterocycles. The van der Waals surface area contributed by atoms with E-state index in [1.807, 2.05) is 48.5 Å². The van der Waals surface area contributed by atoms with Gasteiger partial charge in [0.25, 0.3) is 0 Å². The van der Waals surface area contributed by atoms with Crippen molar-refractivity contribution in [2.24, 2.45) is 5.92 Å². The Morgan fingerprint density at radius 3 is 2.59 bits per heavy atom. The Balaban J connectivity index is 1.99. The van der Waals surface area contributed by atoms with Gasteiger partial charge in [0.15, 0.2) is 0 Å². The van der Waals surface area contributed by atoms with Crippen LogP contribution in [0.3, 0.4) is 0 Å². The van der Waals surface area contributed by atoms with Crippen LogP contribution in [0.5, 0.6) is 0 Å². The van der Waals surface area contributed by atoms with Crippen molar-refractivity contribution < 1.29 is 9.90 Å². The number of rotatable bonds is 4. The second kappa shape index (κ2) is 6.32. The lowest BCUT2D eigenvalue weighted by molar-refractivity contribution is 0.0695. The summed E-state index contributed by atoms with van der Waals surface area (Å²) in [5.41, 5.74) is 3.38. The van der Waals surface area contributed by atoms with Crippen molar-refractivity contribution in [2.45, 2.75) is 19.3 Å². The molecular formula is C19H21NO2. The van der Waals surface area contributed by atoms with Crippen molar-refractivity contribution in [3.05, 3.63) is 59.7 Å². The van der Waals surface area contributed by atoms with Gasteiger partial charge in [0.1, 0.15) is 0 Å². The van der Waals surface area contributed by atoms with Gasteiger partial charge < -0.3 is 10.4 Å². The molecule has 2 unspecified atom stereocenters. The van der Waals surface area contributed by atoms with Gasteiger partial charge in [-0.15, -0.1) is 0 Å². The van der Waals surface area contributed by atoms with Gasteiger partial charge in [0, 0.05) is 0 Å². The first kappa shape index (κ1) is 14.8. The van der Waals surface area contributed by atoms with Gasteiger partial charge >= 0.3 is 5.97 Å². The average Bonchev–Trinajstić information content (AvgIpc) is 3.09. The molecule has 2 atom stereocenters. The number of hydrogen-bond donors (Lipinski definition) is 2. The second-order valence-electron chi connectivity index (χ2n) is 6.01. The molecule has 2 aromatic rings. The number of carbonyl (C=O) groups is 1. The summed E-state index contributed by atoms with van der Waals surface area (Å²) < 4.78 is 0. The first-order chi connectivity index (χ1) is 10.7. The third-order valence-corrected chi connectivity index (χ3v) is 4.69.